The van der Waals surface area contributed by atoms with E-state index in [1.807, 2.05) is 0 Å². The van der Waals surface area contributed by atoms with Gasteiger partial charge in [0.05, 0.1) is 12.0 Å². The second-order valence-electron chi connectivity index (χ2n) is 8.03. The van der Waals surface area contributed by atoms with Gasteiger partial charge in [-0.1, -0.05) is 6.42 Å². The first-order valence-corrected chi connectivity index (χ1v) is 9.56. The van der Waals surface area contributed by atoms with Crippen LogP contribution in [0.2, 0.25) is 0 Å². The SMILES string of the molecule is O=C(CN1CCOC1=O)N1CC[C@]2(CCCN(CC3CCC3)C2=O)C1. The minimum Gasteiger partial charge on any atom is -0.448 e. The summed E-state index contributed by atoms with van der Waals surface area (Å²) in [5.41, 5.74) is -0.386. The lowest BCUT2D eigenvalue weighted by atomic mass is 9.77. The van der Waals surface area contributed by atoms with Gasteiger partial charge in [-0.05, 0) is 38.0 Å². The van der Waals surface area contributed by atoms with E-state index < -0.39 is 6.09 Å². The van der Waals surface area contributed by atoms with E-state index in [0.29, 0.717) is 32.2 Å². The zero-order chi connectivity index (χ0) is 17.4. The Morgan fingerprint density at radius 1 is 1.08 bits per heavy atom. The zero-order valence-electron chi connectivity index (χ0n) is 14.7. The minimum atomic E-state index is -0.414. The summed E-state index contributed by atoms with van der Waals surface area (Å²) < 4.78 is 4.88. The van der Waals surface area contributed by atoms with E-state index >= 15 is 0 Å². The van der Waals surface area contributed by atoms with E-state index in [4.69, 9.17) is 4.74 Å². The molecule has 0 aromatic heterocycles. The van der Waals surface area contributed by atoms with Gasteiger partial charge in [-0.2, -0.15) is 0 Å². The molecular weight excluding hydrogens is 322 g/mol. The summed E-state index contributed by atoms with van der Waals surface area (Å²) in [4.78, 5) is 42.4. The van der Waals surface area contributed by atoms with Crippen molar-refractivity contribution in [3.8, 4) is 0 Å². The molecule has 4 aliphatic rings. The van der Waals surface area contributed by atoms with Crippen LogP contribution >= 0.6 is 0 Å². The van der Waals surface area contributed by atoms with E-state index in [2.05, 4.69) is 4.90 Å². The number of cyclic esters (lactones) is 1. The molecule has 138 valence electrons. The highest BCUT2D eigenvalue weighted by Gasteiger charge is 2.49. The molecule has 1 spiro atoms. The number of amides is 3. The molecule has 7 nitrogen and oxygen atoms in total. The summed E-state index contributed by atoms with van der Waals surface area (Å²) in [6.45, 7) is 3.77. The predicted octanol–water partition coefficient (Wildman–Crippen LogP) is 1.08. The zero-order valence-corrected chi connectivity index (χ0v) is 14.7. The highest BCUT2D eigenvalue weighted by Crippen LogP contribution is 2.41. The molecule has 0 radical (unpaired) electrons. The van der Waals surface area contributed by atoms with Crippen molar-refractivity contribution in [2.24, 2.45) is 11.3 Å². The molecule has 1 aliphatic carbocycles. The number of hydrogen-bond acceptors (Lipinski definition) is 4. The molecule has 0 bridgehead atoms. The van der Waals surface area contributed by atoms with Crippen LogP contribution in [-0.4, -0.2) is 78.5 Å². The lowest BCUT2D eigenvalue weighted by Gasteiger charge is -2.42. The second kappa shape index (κ2) is 6.50. The molecule has 1 atom stereocenters. The van der Waals surface area contributed by atoms with E-state index in [1.54, 1.807) is 4.90 Å². The fourth-order valence-corrected chi connectivity index (χ4v) is 4.61. The molecule has 0 N–H and O–H groups in total. The van der Waals surface area contributed by atoms with E-state index in [9.17, 15) is 14.4 Å². The molecule has 3 saturated heterocycles. The van der Waals surface area contributed by atoms with Crippen molar-refractivity contribution >= 4 is 17.9 Å². The van der Waals surface area contributed by atoms with Crippen LogP contribution in [0.1, 0.15) is 38.5 Å². The monoisotopic (exact) mass is 349 g/mol. The minimum absolute atomic E-state index is 0.0644. The lowest BCUT2D eigenvalue weighted by Crippen LogP contribution is -2.52. The third-order valence-electron chi connectivity index (χ3n) is 6.41. The molecule has 3 aliphatic heterocycles. The Hall–Kier alpha value is -1.79. The van der Waals surface area contributed by atoms with Gasteiger partial charge in [-0.3, -0.25) is 14.5 Å². The highest BCUT2D eigenvalue weighted by atomic mass is 16.6. The standard InChI is InChI=1S/C18H27N3O4/c22-15(12-20-9-10-25-17(20)24)21-8-6-18(13-21)5-2-7-19(16(18)23)11-14-3-1-4-14/h14H,1-13H2/t18-/m1/s1. The molecule has 7 heteroatoms. The van der Waals surface area contributed by atoms with Crippen LogP contribution in [0.5, 0.6) is 0 Å². The molecule has 4 fully saturated rings. The first kappa shape index (κ1) is 16.7. The Morgan fingerprint density at radius 2 is 1.92 bits per heavy atom. The van der Waals surface area contributed by atoms with E-state index in [1.165, 1.54) is 24.2 Å². The van der Waals surface area contributed by atoms with Crippen molar-refractivity contribution in [1.29, 1.82) is 0 Å². The first-order chi connectivity index (χ1) is 12.1. The third-order valence-corrected chi connectivity index (χ3v) is 6.41. The lowest BCUT2D eigenvalue weighted by molar-refractivity contribution is -0.147. The fourth-order valence-electron chi connectivity index (χ4n) is 4.61. The van der Waals surface area contributed by atoms with Crippen LogP contribution in [0.15, 0.2) is 0 Å². The number of nitrogens with zero attached hydrogens (tertiary/aromatic N) is 3. The number of hydrogen-bond donors (Lipinski definition) is 0. The Bertz CT molecular complexity index is 577. The first-order valence-electron chi connectivity index (χ1n) is 9.56. The molecule has 0 unspecified atom stereocenters. The molecule has 3 amide bonds. The normalized spacial score (nSPS) is 30.2. The molecule has 0 aromatic carbocycles. The molecule has 3 heterocycles. The van der Waals surface area contributed by atoms with Crippen LogP contribution in [0.4, 0.5) is 4.79 Å². The predicted molar refractivity (Wildman–Crippen MR) is 89.7 cm³/mol. The van der Waals surface area contributed by atoms with Crippen molar-refractivity contribution in [3.05, 3.63) is 0 Å². The van der Waals surface area contributed by atoms with Gasteiger partial charge in [-0.15, -0.1) is 0 Å². The summed E-state index contributed by atoms with van der Waals surface area (Å²) in [5, 5.41) is 0. The van der Waals surface area contributed by atoms with Crippen molar-refractivity contribution < 1.29 is 19.1 Å². The van der Waals surface area contributed by atoms with Gasteiger partial charge in [0, 0.05) is 26.2 Å². The number of carbonyl (C=O) groups excluding carboxylic acids is 3. The van der Waals surface area contributed by atoms with Crippen LogP contribution in [0.25, 0.3) is 0 Å². The number of likely N-dealkylation sites (tertiary alicyclic amines) is 2. The third kappa shape index (κ3) is 3.09. The molecular formula is C18H27N3O4. The Balaban J connectivity index is 1.37. The van der Waals surface area contributed by atoms with Crippen LogP contribution in [-0.2, 0) is 14.3 Å². The molecule has 0 aromatic rings. The van der Waals surface area contributed by atoms with Crippen LogP contribution in [0, 0.1) is 11.3 Å². The smallest absolute Gasteiger partial charge is 0.410 e. The summed E-state index contributed by atoms with van der Waals surface area (Å²) >= 11 is 0. The average molecular weight is 349 g/mol. The summed E-state index contributed by atoms with van der Waals surface area (Å²) in [7, 11) is 0. The maximum absolute atomic E-state index is 13.1. The van der Waals surface area contributed by atoms with E-state index in [0.717, 1.165) is 32.4 Å². The number of ether oxygens (including phenoxy) is 1. The van der Waals surface area contributed by atoms with Gasteiger partial charge in [0.15, 0.2) is 0 Å². The summed E-state index contributed by atoms with van der Waals surface area (Å²) in [6, 6.07) is 0. The molecule has 4 rings (SSSR count). The van der Waals surface area contributed by atoms with Gasteiger partial charge in [0.1, 0.15) is 13.2 Å². The van der Waals surface area contributed by atoms with Gasteiger partial charge in [-0.25, -0.2) is 4.79 Å². The molecule has 1 saturated carbocycles. The number of rotatable bonds is 4. The van der Waals surface area contributed by atoms with Crippen molar-refractivity contribution in [2.75, 3.05) is 45.9 Å². The number of piperidine rings is 1. The number of carbonyl (C=O) groups is 3. The largest absolute Gasteiger partial charge is 0.448 e. The quantitative estimate of drug-likeness (QED) is 0.761. The Morgan fingerprint density at radius 3 is 2.60 bits per heavy atom. The van der Waals surface area contributed by atoms with Crippen molar-refractivity contribution in [2.45, 2.75) is 38.5 Å². The summed E-state index contributed by atoms with van der Waals surface area (Å²) in [5.74, 6) is 0.862. The Kier molecular flexibility index (Phi) is 4.33. The van der Waals surface area contributed by atoms with Crippen molar-refractivity contribution in [1.82, 2.24) is 14.7 Å². The fraction of sp³-hybridized carbons (Fsp3) is 0.833. The highest BCUT2D eigenvalue weighted by molar-refractivity contribution is 5.87. The summed E-state index contributed by atoms with van der Waals surface area (Å²) in [6.07, 6.45) is 6.02. The second-order valence-corrected chi connectivity index (χ2v) is 8.03. The molecule has 25 heavy (non-hydrogen) atoms. The van der Waals surface area contributed by atoms with Gasteiger partial charge in [0.25, 0.3) is 0 Å². The Labute approximate surface area is 148 Å². The van der Waals surface area contributed by atoms with Gasteiger partial charge in [0.2, 0.25) is 11.8 Å². The van der Waals surface area contributed by atoms with Crippen LogP contribution in [0.3, 0.4) is 0 Å². The van der Waals surface area contributed by atoms with Crippen LogP contribution < -0.4 is 0 Å². The maximum Gasteiger partial charge on any atom is 0.410 e. The van der Waals surface area contributed by atoms with E-state index in [-0.39, 0.29) is 23.8 Å². The topological polar surface area (TPSA) is 70.2 Å². The van der Waals surface area contributed by atoms with Gasteiger partial charge < -0.3 is 14.5 Å². The van der Waals surface area contributed by atoms with Gasteiger partial charge >= 0.3 is 6.09 Å². The van der Waals surface area contributed by atoms with Crippen molar-refractivity contribution in [3.63, 3.8) is 0 Å². The maximum atomic E-state index is 13.1. The average Bonchev–Trinajstić information content (AvgIpc) is 3.15.